The van der Waals surface area contributed by atoms with Crippen LogP contribution in [0.3, 0.4) is 0 Å². The lowest BCUT2D eigenvalue weighted by molar-refractivity contribution is -0.156. The number of Topliss-reactive ketones (excluding diaryl/α,β-unsaturated/α-hetero) is 5. The summed E-state index contributed by atoms with van der Waals surface area (Å²) >= 11 is 0. The monoisotopic (exact) mass is 804 g/mol. The van der Waals surface area contributed by atoms with E-state index in [0.717, 1.165) is 0 Å². The van der Waals surface area contributed by atoms with Gasteiger partial charge in [-0.15, -0.1) is 0 Å². The maximum absolute atomic E-state index is 13.7. The van der Waals surface area contributed by atoms with Gasteiger partial charge in [-0.2, -0.15) is 0 Å². The molecule has 0 saturated carbocycles. The van der Waals surface area contributed by atoms with Crippen LogP contribution in [0.4, 0.5) is 0 Å². The van der Waals surface area contributed by atoms with Crippen LogP contribution in [0.1, 0.15) is 134 Å². The third-order valence-electron chi connectivity index (χ3n) is 10.2. The highest BCUT2D eigenvalue weighted by molar-refractivity contribution is 6.04. The molecule has 5 atom stereocenters. The minimum atomic E-state index is -1.07. The zero-order valence-electron chi connectivity index (χ0n) is 36.0. The Balaban J connectivity index is 2.83. The van der Waals surface area contributed by atoms with E-state index in [2.05, 4.69) is 16.0 Å². The van der Waals surface area contributed by atoms with Crippen LogP contribution in [0.15, 0.2) is 0 Å². The molecule has 15 nitrogen and oxygen atoms in total. The van der Waals surface area contributed by atoms with Gasteiger partial charge in [0.1, 0.15) is 17.2 Å². The SMILES string of the molecule is CCC(C)C(CC(=O)C(CC(C)C)NC(=O)CCC(=O)C(NC(=O)C1CCN(C(=O)CCC(=O)OC(C)(C)C)C1)C(C)C)C(=O)NCC(=O)CC(C(C)=O)C(C)=O. The average molecular weight is 805 g/mol. The van der Waals surface area contributed by atoms with Crippen molar-refractivity contribution in [3.05, 3.63) is 0 Å². The van der Waals surface area contributed by atoms with Gasteiger partial charge < -0.3 is 25.6 Å². The van der Waals surface area contributed by atoms with E-state index in [9.17, 15) is 47.9 Å². The molecule has 1 heterocycles. The quantitative estimate of drug-likeness (QED) is 0.0896. The maximum Gasteiger partial charge on any atom is 0.306 e. The van der Waals surface area contributed by atoms with Crippen molar-refractivity contribution in [2.24, 2.45) is 35.5 Å². The lowest BCUT2D eigenvalue weighted by Crippen LogP contribution is -2.48. The van der Waals surface area contributed by atoms with Gasteiger partial charge in [0, 0.05) is 51.1 Å². The van der Waals surface area contributed by atoms with Crippen LogP contribution in [-0.2, 0) is 52.7 Å². The largest absolute Gasteiger partial charge is 0.460 e. The van der Waals surface area contributed by atoms with Crippen LogP contribution < -0.4 is 16.0 Å². The summed E-state index contributed by atoms with van der Waals surface area (Å²) in [4.78, 5) is 129. The first kappa shape index (κ1) is 50.7. The molecule has 0 aromatic carbocycles. The van der Waals surface area contributed by atoms with E-state index < -0.39 is 77.1 Å². The first-order valence-electron chi connectivity index (χ1n) is 20.3. The molecule has 0 bridgehead atoms. The van der Waals surface area contributed by atoms with Gasteiger partial charge in [0.25, 0.3) is 0 Å². The number of esters is 1. The van der Waals surface area contributed by atoms with E-state index >= 15 is 0 Å². The highest BCUT2D eigenvalue weighted by Crippen LogP contribution is 2.23. The lowest BCUT2D eigenvalue weighted by Gasteiger charge is -2.26. The number of hydrogen-bond acceptors (Lipinski definition) is 11. The molecule has 1 saturated heterocycles. The molecule has 0 spiro atoms. The molecular formula is C42H68N4O11. The smallest absolute Gasteiger partial charge is 0.306 e. The molecule has 0 radical (unpaired) electrons. The molecule has 0 aromatic heterocycles. The average Bonchev–Trinajstić information content (AvgIpc) is 3.60. The summed E-state index contributed by atoms with van der Waals surface area (Å²) in [5, 5.41) is 8.12. The van der Waals surface area contributed by atoms with Gasteiger partial charge in [0.15, 0.2) is 17.3 Å². The first-order chi connectivity index (χ1) is 26.4. The minimum Gasteiger partial charge on any atom is -0.460 e. The van der Waals surface area contributed by atoms with E-state index in [1.54, 1.807) is 34.6 Å². The standard InChI is InChI=1S/C42H68N4O11/c1-12-26(6)31(41(56)43-22-30(49)20-32(27(7)47)28(8)48)21-35(51)33(19-24(2)3)44-36(52)14-13-34(50)39(25(4)5)45-40(55)29-17-18-46(23-29)37(53)15-16-38(54)57-42(9,10)11/h24-26,29,31-33,39H,12-23H2,1-11H3,(H,43,56)(H,44,52)(H,45,55). The molecule has 57 heavy (non-hydrogen) atoms. The van der Waals surface area contributed by atoms with Crippen molar-refractivity contribution in [2.45, 2.75) is 152 Å². The molecule has 0 aromatic rings. The second-order valence-electron chi connectivity index (χ2n) is 17.3. The highest BCUT2D eigenvalue weighted by atomic mass is 16.6. The van der Waals surface area contributed by atoms with E-state index in [1.165, 1.54) is 18.7 Å². The molecule has 1 fully saturated rings. The van der Waals surface area contributed by atoms with Crippen LogP contribution >= 0.6 is 0 Å². The van der Waals surface area contributed by atoms with Crippen molar-refractivity contribution in [1.82, 2.24) is 20.9 Å². The minimum absolute atomic E-state index is 0.00260. The molecule has 5 unspecified atom stereocenters. The Hall–Kier alpha value is -4.30. The summed E-state index contributed by atoms with van der Waals surface area (Å²) in [7, 11) is 0. The Morgan fingerprint density at radius 3 is 1.93 bits per heavy atom. The van der Waals surface area contributed by atoms with Crippen LogP contribution in [0.2, 0.25) is 0 Å². The highest BCUT2D eigenvalue weighted by Gasteiger charge is 2.35. The molecule has 4 amide bonds. The molecule has 3 N–H and O–H groups in total. The zero-order valence-corrected chi connectivity index (χ0v) is 36.0. The summed E-state index contributed by atoms with van der Waals surface area (Å²) in [6, 6.07) is -1.81. The van der Waals surface area contributed by atoms with Gasteiger partial charge in [-0.05, 0) is 65.2 Å². The van der Waals surface area contributed by atoms with Crippen LogP contribution in [-0.4, -0.2) is 101 Å². The van der Waals surface area contributed by atoms with Gasteiger partial charge in [-0.25, -0.2) is 0 Å². The van der Waals surface area contributed by atoms with Crippen molar-refractivity contribution in [2.75, 3.05) is 19.6 Å². The Morgan fingerprint density at radius 2 is 1.40 bits per heavy atom. The number of amides is 4. The van der Waals surface area contributed by atoms with Gasteiger partial charge in [-0.3, -0.25) is 47.9 Å². The van der Waals surface area contributed by atoms with E-state index in [1.807, 2.05) is 27.7 Å². The fourth-order valence-electron chi connectivity index (χ4n) is 6.64. The fraction of sp³-hybridized carbons (Fsp3) is 0.762. The Bertz CT molecular complexity index is 1470. The number of hydrogen-bond donors (Lipinski definition) is 3. The van der Waals surface area contributed by atoms with E-state index in [4.69, 9.17) is 4.74 Å². The summed E-state index contributed by atoms with van der Waals surface area (Å²) in [5.41, 5.74) is -0.658. The molecule has 15 heteroatoms. The van der Waals surface area contributed by atoms with Crippen LogP contribution in [0, 0.1) is 35.5 Å². The van der Waals surface area contributed by atoms with Gasteiger partial charge in [-0.1, -0.05) is 48.0 Å². The van der Waals surface area contributed by atoms with Crippen molar-refractivity contribution in [3.8, 4) is 0 Å². The summed E-state index contributed by atoms with van der Waals surface area (Å²) < 4.78 is 5.26. The second-order valence-corrected chi connectivity index (χ2v) is 17.3. The van der Waals surface area contributed by atoms with Crippen molar-refractivity contribution in [3.63, 3.8) is 0 Å². The molecule has 1 rings (SSSR count). The normalized spacial score (nSPS) is 16.4. The predicted molar refractivity (Wildman–Crippen MR) is 212 cm³/mol. The number of ether oxygens (including phenoxy) is 1. The number of carbonyl (C=O) groups is 10. The van der Waals surface area contributed by atoms with E-state index in [0.29, 0.717) is 19.4 Å². The second kappa shape index (κ2) is 23.8. The number of nitrogens with zero attached hydrogens (tertiary/aromatic N) is 1. The molecule has 1 aliphatic rings. The van der Waals surface area contributed by atoms with Gasteiger partial charge in [0.05, 0.1) is 36.9 Å². The Morgan fingerprint density at radius 1 is 0.789 bits per heavy atom. The Labute approximate surface area is 338 Å². The predicted octanol–water partition coefficient (Wildman–Crippen LogP) is 3.47. The van der Waals surface area contributed by atoms with Crippen LogP contribution in [0.5, 0.6) is 0 Å². The van der Waals surface area contributed by atoms with Gasteiger partial charge >= 0.3 is 5.97 Å². The molecule has 322 valence electrons. The summed E-state index contributed by atoms with van der Waals surface area (Å²) in [6.07, 6.45) is 0.181. The number of ketones is 5. The summed E-state index contributed by atoms with van der Waals surface area (Å²) in [5.74, 6) is -7.22. The van der Waals surface area contributed by atoms with Crippen LogP contribution in [0.25, 0.3) is 0 Å². The van der Waals surface area contributed by atoms with Crippen molar-refractivity contribution >= 4 is 58.5 Å². The molecule has 0 aliphatic carbocycles. The molecular weight excluding hydrogens is 736 g/mol. The lowest BCUT2D eigenvalue weighted by atomic mass is 9.84. The topological polar surface area (TPSA) is 219 Å². The number of nitrogens with one attached hydrogen (secondary N) is 3. The number of rotatable bonds is 25. The zero-order chi connectivity index (χ0) is 43.8. The first-order valence-corrected chi connectivity index (χ1v) is 20.3. The molecule has 1 aliphatic heterocycles. The third-order valence-corrected chi connectivity index (χ3v) is 10.2. The fourth-order valence-corrected chi connectivity index (χ4v) is 6.64. The third kappa shape index (κ3) is 18.7. The number of carbonyl (C=O) groups excluding carboxylic acids is 10. The van der Waals surface area contributed by atoms with Crippen molar-refractivity contribution < 1.29 is 52.7 Å². The van der Waals surface area contributed by atoms with Crippen molar-refractivity contribution in [1.29, 1.82) is 0 Å². The summed E-state index contributed by atoms with van der Waals surface area (Å²) in [6.45, 7) is 18.8. The van der Waals surface area contributed by atoms with Gasteiger partial charge in [0.2, 0.25) is 23.6 Å². The maximum atomic E-state index is 13.7. The van der Waals surface area contributed by atoms with E-state index in [-0.39, 0.29) is 92.6 Å². The number of likely N-dealkylation sites (tertiary alicyclic amines) is 1. The Kier molecular flexibility index (Phi) is 21.2.